The van der Waals surface area contributed by atoms with Crippen LogP contribution in [0.15, 0.2) is 10.9 Å². The molecule has 0 aromatic carbocycles. The zero-order valence-electron chi connectivity index (χ0n) is 10.9. The minimum atomic E-state index is -0.139. The number of carbonyl (C=O) groups is 1. The van der Waals surface area contributed by atoms with E-state index in [1.165, 1.54) is 6.07 Å². The smallest absolute Gasteiger partial charge is 0.192 e. The van der Waals surface area contributed by atoms with Crippen LogP contribution in [0.3, 0.4) is 0 Å². The lowest BCUT2D eigenvalue weighted by atomic mass is 10.0. The van der Waals surface area contributed by atoms with Crippen molar-refractivity contribution in [3.8, 4) is 0 Å². The molecule has 0 aliphatic rings. The van der Waals surface area contributed by atoms with Crippen LogP contribution in [-0.2, 0) is 6.42 Å². The molecule has 1 rings (SSSR count). The Morgan fingerprint density at radius 1 is 1.29 bits per heavy atom. The molecule has 0 atom stereocenters. The van der Waals surface area contributed by atoms with Crippen LogP contribution >= 0.6 is 0 Å². The Kier molecular flexibility index (Phi) is 5.13. The van der Waals surface area contributed by atoms with Gasteiger partial charge in [-0.05, 0) is 19.8 Å². The molecular formula is C14H21NO2. The highest BCUT2D eigenvalue weighted by molar-refractivity contribution is 5.96. The van der Waals surface area contributed by atoms with Crippen molar-refractivity contribution < 1.29 is 4.79 Å². The SMILES string of the molecule is CCCCCc1[nH]c(C)cc(=O)c1C(=O)CC. The minimum Gasteiger partial charge on any atom is -0.362 e. The number of unbranched alkanes of at least 4 members (excludes halogenated alkanes) is 2. The summed E-state index contributed by atoms with van der Waals surface area (Å²) in [5, 5.41) is 0. The molecule has 1 aromatic rings. The highest BCUT2D eigenvalue weighted by Crippen LogP contribution is 2.10. The predicted octanol–water partition coefficient (Wildman–Crippen LogP) is 3.01. The van der Waals surface area contributed by atoms with Gasteiger partial charge in [-0.3, -0.25) is 9.59 Å². The first-order valence-electron chi connectivity index (χ1n) is 6.36. The highest BCUT2D eigenvalue weighted by Gasteiger charge is 2.14. The van der Waals surface area contributed by atoms with Crippen LogP contribution in [0.1, 0.15) is 61.3 Å². The van der Waals surface area contributed by atoms with Crippen LogP contribution in [-0.4, -0.2) is 10.8 Å². The van der Waals surface area contributed by atoms with Gasteiger partial charge >= 0.3 is 0 Å². The van der Waals surface area contributed by atoms with Crippen LogP contribution in [0.2, 0.25) is 0 Å². The number of carbonyl (C=O) groups excluding carboxylic acids is 1. The fourth-order valence-corrected chi connectivity index (χ4v) is 1.98. The second-order valence-corrected chi connectivity index (χ2v) is 4.40. The molecule has 1 heterocycles. The molecule has 0 saturated carbocycles. The van der Waals surface area contributed by atoms with E-state index in [4.69, 9.17) is 0 Å². The Hall–Kier alpha value is -1.38. The van der Waals surface area contributed by atoms with Gasteiger partial charge in [0.15, 0.2) is 11.2 Å². The van der Waals surface area contributed by atoms with Gasteiger partial charge in [-0.25, -0.2) is 0 Å². The fraction of sp³-hybridized carbons (Fsp3) is 0.571. The summed E-state index contributed by atoms with van der Waals surface area (Å²) >= 11 is 0. The van der Waals surface area contributed by atoms with E-state index in [2.05, 4.69) is 11.9 Å². The Morgan fingerprint density at radius 2 is 2.00 bits per heavy atom. The van der Waals surface area contributed by atoms with Crippen LogP contribution in [0.5, 0.6) is 0 Å². The number of rotatable bonds is 6. The van der Waals surface area contributed by atoms with E-state index in [1.807, 2.05) is 6.92 Å². The number of hydrogen-bond donors (Lipinski definition) is 1. The molecule has 0 fully saturated rings. The number of pyridine rings is 1. The zero-order chi connectivity index (χ0) is 12.8. The quantitative estimate of drug-likeness (QED) is 0.608. The molecule has 94 valence electrons. The first-order valence-corrected chi connectivity index (χ1v) is 6.36. The summed E-state index contributed by atoms with van der Waals surface area (Å²) in [6.45, 7) is 5.78. The molecule has 1 aromatic heterocycles. The molecule has 17 heavy (non-hydrogen) atoms. The summed E-state index contributed by atoms with van der Waals surface area (Å²) in [5.41, 5.74) is 1.87. The van der Waals surface area contributed by atoms with Gasteiger partial charge in [-0.15, -0.1) is 0 Å². The van der Waals surface area contributed by atoms with Crippen molar-refractivity contribution in [3.63, 3.8) is 0 Å². The fourth-order valence-electron chi connectivity index (χ4n) is 1.98. The number of Topliss-reactive ketones (excluding diaryl/α,β-unsaturated/α-hetero) is 1. The third kappa shape index (κ3) is 3.55. The molecule has 0 saturated heterocycles. The second kappa shape index (κ2) is 6.38. The topological polar surface area (TPSA) is 49.9 Å². The van der Waals surface area contributed by atoms with E-state index in [0.717, 1.165) is 37.1 Å². The van der Waals surface area contributed by atoms with E-state index in [-0.39, 0.29) is 11.2 Å². The summed E-state index contributed by atoms with van der Waals surface area (Å²) in [5.74, 6) is -0.0576. The number of nitrogens with one attached hydrogen (secondary N) is 1. The van der Waals surface area contributed by atoms with Crippen molar-refractivity contribution in [2.24, 2.45) is 0 Å². The Morgan fingerprint density at radius 3 is 2.59 bits per heavy atom. The van der Waals surface area contributed by atoms with Crippen LogP contribution in [0.25, 0.3) is 0 Å². The molecule has 0 amide bonds. The maximum atomic E-state index is 11.9. The van der Waals surface area contributed by atoms with Gasteiger partial charge in [0.05, 0.1) is 5.56 Å². The Bertz CT molecular complexity index is 446. The van der Waals surface area contributed by atoms with E-state index >= 15 is 0 Å². The highest BCUT2D eigenvalue weighted by atomic mass is 16.1. The molecule has 0 bridgehead atoms. The monoisotopic (exact) mass is 235 g/mol. The lowest BCUT2D eigenvalue weighted by molar-refractivity contribution is 0.0985. The Balaban J connectivity index is 3.07. The molecule has 0 spiro atoms. The van der Waals surface area contributed by atoms with Crippen LogP contribution in [0, 0.1) is 6.92 Å². The number of aromatic nitrogens is 1. The number of H-pyrrole nitrogens is 1. The van der Waals surface area contributed by atoms with Gasteiger partial charge in [0, 0.05) is 23.9 Å². The summed E-state index contributed by atoms with van der Waals surface area (Å²) < 4.78 is 0. The van der Waals surface area contributed by atoms with Gasteiger partial charge in [0.2, 0.25) is 0 Å². The first kappa shape index (κ1) is 13.7. The van der Waals surface area contributed by atoms with E-state index in [1.54, 1.807) is 6.92 Å². The van der Waals surface area contributed by atoms with Crippen molar-refractivity contribution >= 4 is 5.78 Å². The van der Waals surface area contributed by atoms with E-state index in [0.29, 0.717) is 12.0 Å². The van der Waals surface area contributed by atoms with Gasteiger partial charge in [0.25, 0.3) is 0 Å². The third-order valence-electron chi connectivity index (χ3n) is 2.87. The average molecular weight is 235 g/mol. The number of aryl methyl sites for hydroxylation is 2. The van der Waals surface area contributed by atoms with Crippen molar-refractivity contribution in [3.05, 3.63) is 33.2 Å². The molecule has 0 aliphatic heterocycles. The lowest BCUT2D eigenvalue weighted by Gasteiger charge is -2.08. The van der Waals surface area contributed by atoms with Gasteiger partial charge in [0.1, 0.15) is 0 Å². The zero-order valence-corrected chi connectivity index (χ0v) is 10.9. The third-order valence-corrected chi connectivity index (χ3v) is 2.87. The number of aromatic amines is 1. The summed E-state index contributed by atoms with van der Waals surface area (Å²) in [6, 6.07) is 1.51. The van der Waals surface area contributed by atoms with Gasteiger partial charge in [-0.1, -0.05) is 26.7 Å². The predicted molar refractivity (Wildman–Crippen MR) is 69.7 cm³/mol. The maximum Gasteiger partial charge on any atom is 0.192 e. The van der Waals surface area contributed by atoms with Crippen LogP contribution < -0.4 is 5.43 Å². The van der Waals surface area contributed by atoms with E-state index in [9.17, 15) is 9.59 Å². The van der Waals surface area contributed by atoms with Crippen molar-refractivity contribution in [1.82, 2.24) is 4.98 Å². The molecule has 0 aliphatic carbocycles. The molecule has 3 heteroatoms. The summed E-state index contributed by atoms with van der Waals surface area (Å²) in [4.78, 5) is 26.8. The molecule has 0 unspecified atom stereocenters. The number of hydrogen-bond acceptors (Lipinski definition) is 2. The molecule has 1 N–H and O–H groups in total. The maximum absolute atomic E-state index is 11.9. The molecule has 0 radical (unpaired) electrons. The van der Waals surface area contributed by atoms with Crippen molar-refractivity contribution in [2.75, 3.05) is 0 Å². The molecular weight excluding hydrogens is 214 g/mol. The van der Waals surface area contributed by atoms with Gasteiger partial charge < -0.3 is 4.98 Å². The average Bonchev–Trinajstić information content (AvgIpc) is 2.28. The second-order valence-electron chi connectivity index (χ2n) is 4.40. The first-order chi connectivity index (χ1) is 8.10. The van der Waals surface area contributed by atoms with E-state index < -0.39 is 0 Å². The summed E-state index contributed by atoms with van der Waals surface area (Å²) in [6.07, 6.45) is 4.43. The minimum absolute atomic E-state index is 0.0576. The molecule has 3 nitrogen and oxygen atoms in total. The normalized spacial score (nSPS) is 10.5. The number of ketones is 1. The van der Waals surface area contributed by atoms with Crippen molar-refractivity contribution in [1.29, 1.82) is 0 Å². The summed E-state index contributed by atoms with van der Waals surface area (Å²) in [7, 11) is 0. The largest absolute Gasteiger partial charge is 0.362 e. The van der Waals surface area contributed by atoms with Crippen molar-refractivity contribution in [2.45, 2.75) is 52.9 Å². The lowest BCUT2D eigenvalue weighted by Crippen LogP contribution is -2.19. The van der Waals surface area contributed by atoms with Gasteiger partial charge in [-0.2, -0.15) is 0 Å². The Labute approximate surface area is 102 Å². The standard InChI is InChI=1S/C14H21NO2/c1-4-6-7-8-11-14(12(16)5-2)13(17)9-10(3)15-11/h9H,4-8H2,1-3H3,(H,15,17). The van der Waals surface area contributed by atoms with Crippen LogP contribution in [0.4, 0.5) is 0 Å².